The van der Waals surface area contributed by atoms with Gasteiger partial charge in [0.15, 0.2) is 0 Å². The van der Waals surface area contributed by atoms with E-state index in [0.29, 0.717) is 12.0 Å². The SMILES string of the molecule is C=CC[C@H]1O[C@H](CN(OC(=O)c2ccccc2)C2CCCCC2)C(O)C1O. The van der Waals surface area contributed by atoms with Gasteiger partial charge in [0, 0.05) is 6.04 Å². The molecule has 27 heavy (non-hydrogen) atoms. The Morgan fingerprint density at radius 2 is 1.81 bits per heavy atom. The summed E-state index contributed by atoms with van der Waals surface area (Å²) in [5.41, 5.74) is 0.482. The molecule has 1 aliphatic carbocycles. The van der Waals surface area contributed by atoms with Crippen LogP contribution in [0.25, 0.3) is 0 Å². The second kappa shape index (κ2) is 9.46. The molecule has 1 aromatic rings. The van der Waals surface area contributed by atoms with E-state index in [9.17, 15) is 15.0 Å². The van der Waals surface area contributed by atoms with E-state index in [1.807, 2.05) is 6.07 Å². The number of ether oxygens (including phenoxy) is 1. The van der Waals surface area contributed by atoms with Crippen molar-refractivity contribution in [1.29, 1.82) is 0 Å². The van der Waals surface area contributed by atoms with E-state index in [1.54, 1.807) is 35.4 Å². The van der Waals surface area contributed by atoms with E-state index in [2.05, 4.69) is 6.58 Å². The minimum absolute atomic E-state index is 0.0952. The minimum Gasteiger partial charge on any atom is -0.388 e. The molecule has 1 saturated carbocycles. The van der Waals surface area contributed by atoms with Gasteiger partial charge in [0.05, 0.1) is 18.2 Å². The van der Waals surface area contributed by atoms with Gasteiger partial charge in [-0.2, -0.15) is 0 Å². The van der Waals surface area contributed by atoms with Crippen LogP contribution < -0.4 is 0 Å². The third kappa shape index (κ3) is 4.96. The molecule has 3 rings (SSSR count). The average Bonchev–Trinajstić information content (AvgIpc) is 2.97. The van der Waals surface area contributed by atoms with Crippen molar-refractivity contribution in [2.24, 2.45) is 0 Å². The van der Waals surface area contributed by atoms with E-state index < -0.39 is 30.4 Å². The first-order valence-corrected chi connectivity index (χ1v) is 9.76. The number of aliphatic hydroxyl groups is 2. The van der Waals surface area contributed by atoms with Gasteiger partial charge in [0.2, 0.25) is 0 Å². The average molecular weight is 375 g/mol. The Morgan fingerprint density at radius 1 is 1.15 bits per heavy atom. The first-order valence-electron chi connectivity index (χ1n) is 9.76. The molecule has 0 aromatic heterocycles. The molecule has 2 N–H and O–H groups in total. The lowest BCUT2D eigenvalue weighted by Crippen LogP contribution is -2.46. The number of aliphatic hydroxyl groups excluding tert-OH is 2. The van der Waals surface area contributed by atoms with Crippen LogP contribution in [-0.4, -0.2) is 58.2 Å². The minimum atomic E-state index is -1.02. The molecule has 0 amide bonds. The van der Waals surface area contributed by atoms with Gasteiger partial charge in [0.1, 0.15) is 18.3 Å². The van der Waals surface area contributed by atoms with Crippen molar-refractivity contribution in [1.82, 2.24) is 5.06 Å². The van der Waals surface area contributed by atoms with Crippen LogP contribution in [0.4, 0.5) is 0 Å². The standard InChI is InChI=1S/C21H29NO5/c1-2-9-17-19(23)20(24)18(26-17)14-22(16-12-7-4-8-13-16)27-21(25)15-10-5-3-6-11-15/h2-3,5-6,10-11,16-20,23-24H,1,4,7-9,12-14H2/t17-,18-,19?,20?/m1/s1. The van der Waals surface area contributed by atoms with Gasteiger partial charge in [0.25, 0.3) is 0 Å². The second-order valence-corrected chi connectivity index (χ2v) is 7.35. The Labute approximate surface area is 160 Å². The third-order valence-corrected chi connectivity index (χ3v) is 5.41. The zero-order chi connectivity index (χ0) is 19.2. The Hall–Kier alpha value is -1.73. The van der Waals surface area contributed by atoms with Gasteiger partial charge in [-0.15, -0.1) is 11.6 Å². The normalized spacial score (nSPS) is 29.0. The molecule has 1 aliphatic heterocycles. The first-order chi connectivity index (χ1) is 13.1. The number of hydrogen-bond acceptors (Lipinski definition) is 6. The lowest BCUT2D eigenvalue weighted by atomic mass is 9.95. The number of hydroxylamine groups is 2. The van der Waals surface area contributed by atoms with Crippen LogP contribution >= 0.6 is 0 Å². The molecule has 6 nitrogen and oxygen atoms in total. The summed E-state index contributed by atoms with van der Waals surface area (Å²) in [5.74, 6) is -0.420. The molecular weight excluding hydrogens is 346 g/mol. The van der Waals surface area contributed by atoms with Crippen molar-refractivity contribution in [2.75, 3.05) is 6.54 Å². The van der Waals surface area contributed by atoms with Crippen molar-refractivity contribution in [3.63, 3.8) is 0 Å². The van der Waals surface area contributed by atoms with Crippen molar-refractivity contribution in [2.45, 2.75) is 69.0 Å². The van der Waals surface area contributed by atoms with Crippen LogP contribution in [0.1, 0.15) is 48.9 Å². The fraction of sp³-hybridized carbons (Fsp3) is 0.571. The maximum Gasteiger partial charge on any atom is 0.357 e. The van der Waals surface area contributed by atoms with Crippen LogP contribution in [0.2, 0.25) is 0 Å². The Kier molecular flexibility index (Phi) is 7.01. The zero-order valence-electron chi connectivity index (χ0n) is 15.6. The molecule has 1 heterocycles. The molecule has 2 aliphatic rings. The van der Waals surface area contributed by atoms with Gasteiger partial charge < -0.3 is 19.8 Å². The van der Waals surface area contributed by atoms with Crippen LogP contribution in [0.15, 0.2) is 43.0 Å². The maximum atomic E-state index is 12.6. The summed E-state index contributed by atoms with van der Waals surface area (Å²) < 4.78 is 5.83. The molecule has 2 unspecified atom stereocenters. The zero-order valence-corrected chi connectivity index (χ0v) is 15.6. The number of benzene rings is 1. The fourth-order valence-corrected chi connectivity index (χ4v) is 3.88. The fourth-order valence-electron chi connectivity index (χ4n) is 3.88. The van der Waals surface area contributed by atoms with Crippen molar-refractivity contribution in [3.8, 4) is 0 Å². The molecule has 4 atom stereocenters. The summed E-state index contributed by atoms with van der Waals surface area (Å²) in [4.78, 5) is 18.3. The molecule has 1 aromatic carbocycles. The van der Waals surface area contributed by atoms with E-state index in [-0.39, 0.29) is 12.6 Å². The lowest BCUT2D eigenvalue weighted by molar-refractivity contribution is -0.169. The highest BCUT2D eigenvalue weighted by Gasteiger charge is 2.43. The van der Waals surface area contributed by atoms with E-state index >= 15 is 0 Å². The van der Waals surface area contributed by atoms with E-state index in [4.69, 9.17) is 9.57 Å². The molecule has 2 fully saturated rings. The molecular formula is C21H29NO5. The predicted octanol–water partition coefficient (Wildman–Crippen LogP) is 2.46. The number of carbonyl (C=O) groups excluding carboxylic acids is 1. The van der Waals surface area contributed by atoms with Crippen LogP contribution in [0.3, 0.4) is 0 Å². The van der Waals surface area contributed by atoms with Crippen LogP contribution in [-0.2, 0) is 9.57 Å². The third-order valence-electron chi connectivity index (χ3n) is 5.41. The Morgan fingerprint density at radius 3 is 2.48 bits per heavy atom. The smallest absolute Gasteiger partial charge is 0.357 e. The Balaban J connectivity index is 1.70. The molecule has 1 saturated heterocycles. The highest BCUT2D eigenvalue weighted by atomic mass is 16.7. The quantitative estimate of drug-likeness (QED) is 0.563. The maximum absolute atomic E-state index is 12.6. The van der Waals surface area contributed by atoms with Crippen LogP contribution in [0, 0.1) is 0 Å². The van der Waals surface area contributed by atoms with Gasteiger partial charge in [-0.05, 0) is 31.4 Å². The summed E-state index contributed by atoms with van der Waals surface area (Å²) in [5, 5.41) is 22.2. The van der Waals surface area contributed by atoms with Crippen molar-refractivity contribution >= 4 is 5.97 Å². The summed E-state index contributed by atoms with van der Waals surface area (Å²) in [6.45, 7) is 3.89. The first kappa shape index (κ1) is 20.0. The molecule has 0 spiro atoms. The molecule has 148 valence electrons. The van der Waals surface area contributed by atoms with E-state index in [1.165, 1.54) is 6.42 Å². The van der Waals surface area contributed by atoms with Crippen LogP contribution in [0.5, 0.6) is 0 Å². The number of rotatable bonds is 7. The van der Waals surface area contributed by atoms with Gasteiger partial charge in [-0.3, -0.25) is 0 Å². The van der Waals surface area contributed by atoms with Gasteiger partial charge >= 0.3 is 5.97 Å². The predicted molar refractivity (Wildman–Crippen MR) is 101 cm³/mol. The topological polar surface area (TPSA) is 79.2 Å². The number of hydrogen-bond donors (Lipinski definition) is 2. The van der Waals surface area contributed by atoms with E-state index in [0.717, 1.165) is 25.7 Å². The summed E-state index contributed by atoms with van der Waals surface area (Å²) >= 11 is 0. The number of nitrogens with zero attached hydrogens (tertiary/aromatic N) is 1. The summed E-state index contributed by atoms with van der Waals surface area (Å²) in [6.07, 6.45) is 4.25. The lowest BCUT2D eigenvalue weighted by Gasteiger charge is -2.34. The molecule has 6 heteroatoms. The van der Waals surface area contributed by atoms with Gasteiger partial charge in [-0.1, -0.05) is 43.5 Å². The summed E-state index contributed by atoms with van der Waals surface area (Å²) in [7, 11) is 0. The van der Waals surface area contributed by atoms with Crippen molar-refractivity contribution < 1.29 is 24.6 Å². The molecule has 0 bridgehead atoms. The Bertz CT molecular complexity index is 616. The highest BCUT2D eigenvalue weighted by Crippen LogP contribution is 2.28. The second-order valence-electron chi connectivity index (χ2n) is 7.35. The monoisotopic (exact) mass is 375 g/mol. The highest BCUT2D eigenvalue weighted by molar-refractivity contribution is 5.89. The largest absolute Gasteiger partial charge is 0.388 e. The van der Waals surface area contributed by atoms with Crippen molar-refractivity contribution in [3.05, 3.63) is 48.6 Å². The summed E-state index contributed by atoms with van der Waals surface area (Å²) in [6, 6.07) is 8.96. The number of carbonyl (C=O) groups is 1. The molecule has 0 radical (unpaired) electrons. The van der Waals surface area contributed by atoms with Gasteiger partial charge in [-0.25, -0.2) is 4.79 Å².